The third kappa shape index (κ3) is 3.12. The van der Waals surface area contributed by atoms with E-state index in [1.54, 1.807) is 0 Å². The Hall–Kier alpha value is 0.210. The summed E-state index contributed by atoms with van der Waals surface area (Å²) in [5.74, 6) is 0. The van der Waals surface area contributed by atoms with Gasteiger partial charge in [0.1, 0.15) is 0 Å². The molecular weight excluding hydrogens is 186 g/mol. The van der Waals surface area contributed by atoms with Gasteiger partial charge in [0.2, 0.25) is 0 Å². The molecule has 2 fully saturated rings. The quantitative estimate of drug-likeness (QED) is 0.751. The number of hydrogen-bond donors (Lipinski definition) is 1. The molecule has 0 radical (unpaired) electrons. The first-order chi connectivity index (χ1) is 5.84. The molecule has 0 aromatic carbocycles. The van der Waals surface area contributed by atoms with E-state index in [2.05, 4.69) is 0 Å². The van der Waals surface area contributed by atoms with Crippen molar-refractivity contribution in [3.05, 3.63) is 0 Å². The zero-order valence-corrected chi connectivity index (χ0v) is 8.89. The number of rotatable bonds is 2. The second-order valence-corrected chi connectivity index (χ2v) is 4.24. The third-order valence-electron chi connectivity index (χ3n) is 3.10. The summed E-state index contributed by atoms with van der Waals surface area (Å²) in [5.41, 5.74) is 5.88. The van der Waals surface area contributed by atoms with Gasteiger partial charge in [-0.2, -0.15) is 0 Å². The number of ether oxygens (including phenoxy) is 1. The van der Waals surface area contributed by atoms with Gasteiger partial charge in [0.05, 0.1) is 12.2 Å². The molecule has 2 atom stereocenters. The van der Waals surface area contributed by atoms with Crippen LogP contribution in [0.15, 0.2) is 0 Å². The van der Waals surface area contributed by atoms with Gasteiger partial charge in [-0.25, -0.2) is 0 Å². The average molecular weight is 206 g/mol. The molecule has 0 spiro atoms. The number of hydrogen-bond acceptors (Lipinski definition) is 2. The maximum atomic E-state index is 5.92. The highest BCUT2D eigenvalue weighted by atomic mass is 35.5. The molecule has 2 N–H and O–H groups in total. The molecule has 0 aromatic rings. The molecule has 78 valence electrons. The Kier molecular flexibility index (Phi) is 4.50. The van der Waals surface area contributed by atoms with Crippen LogP contribution in [-0.4, -0.2) is 18.2 Å². The highest BCUT2D eigenvalue weighted by molar-refractivity contribution is 5.85. The standard InChI is InChI=1S/C10H19NO.ClH/c11-8-3-1-6-10(7-8)12-9-4-2-5-9;/h8-10H,1-7,11H2;1H. The summed E-state index contributed by atoms with van der Waals surface area (Å²) >= 11 is 0. The van der Waals surface area contributed by atoms with Crippen LogP contribution in [0.4, 0.5) is 0 Å². The summed E-state index contributed by atoms with van der Waals surface area (Å²) < 4.78 is 5.92. The molecule has 3 heteroatoms. The van der Waals surface area contributed by atoms with E-state index in [0.29, 0.717) is 18.2 Å². The smallest absolute Gasteiger partial charge is 0.0593 e. The highest BCUT2D eigenvalue weighted by Gasteiger charge is 2.25. The van der Waals surface area contributed by atoms with E-state index < -0.39 is 0 Å². The van der Waals surface area contributed by atoms with E-state index in [-0.39, 0.29) is 12.4 Å². The van der Waals surface area contributed by atoms with Crippen molar-refractivity contribution in [2.45, 2.75) is 63.2 Å². The minimum Gasteiger partial charge on any atom is -0.375 e. The van der Waals surface area contributed by atoms with Crippen molar-refractivity contribution in [1.82, 2.24) is 0 Å². The predicted octanol–water partition coefficient (Wildman–Crippen LogP) is 2.25. The van der Waals surface area contributed by atoms with E-state index in [1.807, 2.05) is 0 Å². The maximum Gasteiger partial charge on any atom is 0.0593 e. The second-order valence-electron chi connectivity index (χ2n) is 4.24. The van der Waals surface area contributed by atoms with Crippen LogP contribution in [0.5, 0.6) is 0 Å². The molecule has 2 unspecified atom stereocenters. The minimum absolute atomic E-state index is 0. The fourth-order valence-corrected chi connectivity index (χ4v) is 2.08. The van der Waals surface area contributed by atoms with E-state index in [9.17, 15) is 0 Å². The van der Waals surface area contributed by atoms with Crippen molar-refractivity contribution in [3.63, 3.8) is 0 Å². The fourth-order valence-electron chi connectivity index (χ4n) is 2.08. The number of nitrogens with two attached hydrogens (primary N) is 1. The maximum absolute atomic E-state index is 5.92. The van der Waals surface area contributed by atoms with Gasteiger partial charge < -0.3 is 10.5 Å². The lowest BCUT2D eigenvalue weighted by atomic mass is 9.91. The van der Waals surface area contributed by atoms with E-state index in [1.165, 1.54) is 38.5 Å². The van der Waals surface area contributed by atoms with Crippen LogP contribution >= 0.6 is 12.4 Å². The topological polar surface area (TPSA) is 35.2 Å². The molecule has 2 aliphatic carbocycles. The van der Waals surface area contributed by atoms with Crippen LogP contribution in [0, 0.1) is 0 Å². The van der Waals surface area contributed by atoms with Gasteiger partial charge in [-0.05, 0) is 44.9 Å². The lowest BCUT2D eigenvalue weighted by molar-refractivity contribution is -0.0669. The first-order valence-electron chi connectivity index (χ1n) is 5.25. The molecule has 2 nitrogen and oxygen atoms in total. The fraction of sp³-hybridized carbons (Fsp3) is 1.00. The predicted molar refractivity (Wildman–Crippen MR) is 56.2 cm³/mol. The van der Waals surface area contributed by atoms with Crippen molar-refractivity contribution >= 4 is 12.4 Å². The van der Waals surface area contributed by atoms with Gasteiger partial charge in [-0.3, -0.25) is 0 Å². The molecule has 0 amide bonds. The number of halogens is 1. The SMILES string of the molecule is Cl.NC1CCCC(OC2CCC2)C1. The Labute approximate surface area is 86.6 Å². The van der Waals surface area contributed by atoms with Gasteiger partial charge in [0.15, 0.2) is 0 Å². The van der Waals surface area contributed by atoms with Crippen LogP contribution in [0.1, 0.15) is 44.9 Å². The van der Waals surface area contributed by atoms with E-state index in [0.717, 1.165) is 6.42 Å². The third-order valence-corrected chi connectivity index (χ3v) is 3.10. The van der Waals surface area contributed by atoms with Crippen molar-refractivity contribution in [2.24, 2.45) is 5.73 Å². The van der Waals surface area contributed by atoms with Gasteiger partial charge in [0.25, 0.3) is 0 Å². The molecule has 2 aliphatic rings. The molecule has 2 saturated carbocycles. The molecule has 0 saturated heterocycles. The summed E-state index contributed by atoms with van der Waals surface area (Å²) in [6, 6.07) is 0.406. The van der Waals surface area contributed by atoms with Gasteiger partial charge in [-0.15, -0.1) is 12.4 Å². The lowest BCUT2D eigenvalue weighted by Crippen LogP contribution is -2.36. The summed E-state index contributed by atoms with van der Waals surface area (Å²) in [7, 11) is 0. The van der Waals surface area contributed by atoms with Gasteiger partial charge in [-0.1, -0.05) is 0 Å². The van der Waals surface area contributed by atoms with Crippen molar-refractivity contribution in [3.8, 4) is 0 Å². The highest BCUT2D eigenvalue weighted by Crippen LogP contribution is 2.28. The molecule has 0 aliphatic heterocycles. The Morgan fingerprint density at radius 1 is 0.923 bits per heavy atom. The Bertz CT molecular complexity index is 150. The molecule has 0 bridgehead atoms. The zero-order chi connectivity index (χ0) is 8.39. The van der Waals surface area contributed by atoms with E-state index in [4.69, 9.17) is 10.5 Å². The molecule has 0 aromatic heterocycles. The van der Waals surface area contributed by atoms with E-state index >= 15 is 0 Å². The second kappa shape index (κ2) is 5.18. The Balaban J connectivity index is 0.000000845. The van der Waals surface area contributed by atoms with Crippen molar-refractivity contribution in [1.29, 1.82) is 0 Å². The Morgan fingerprint density at radius 3 is 2.08 bits per heavy atom. The van der Waals surface area contributed by atoms with Gasteiger partial charge in [0, 0.05) is 6.04 Å². The lowest BCUT2D eigenvalue weighted by Gasteiger charge is -2.34. The monoisotopic (exact) mass is 205 g/mol. The average Bonchev–Trinajstić information content (AvgIpc) is 1.97. The van der Waals surface area contributed by atoms with Gasteiger partial charge >= 0.3 is 0 Å². The first kappa shape index (κ1) is 11.3. The van der Waals surface area contributed by atoms with Crippen LogP contribution in [0.2, 0.25) is 0 Å². The van der Waals surface area contributed by atoms with Crippen LogP contribution in [-0.2, 0) is 4.74 Å². The zero-order valence-electron chi connectivity index (χ0n) is 8.08. The minimum atomic E-state index is 0. The summed E-state index contributed by atoms with van der Waals surface area (Å²) in [4.78, 5) is 0. The van der Waals surface area contributed by atoms with Crippen LogP contribution in [0.3, 0.4) is 0 Å². The normalized spacial score (nSPS) is 34.8. The van der Waals surface area contributed by atoms with Crippen molar-refractivity contribution < 1.29 is 4.74 Å². The van der Waals surface area contributed by atoms with Crippen LogP contribution in [0.25, 0.3) is 0 Å². The summed E-state index contributed by atoms with van der Waals surface area (Å²) in [6.45, 7) is 0. The first-order valence-corrected chi connectivity index (χ1v) is 5.25. The van der Waals surface area contributed by atoms with Crippen LogP contribution < -0.4 is 5.73 Å². The van der Waals surface area contributed by atoms with Crippen molar-refractivity contribution in [2.75, 3.05) is 0 Å². The molecule has 0 heterocycles. The molecular formula is C10H20ClNO. The molecule has 13 heavy (non-hydrogen) atoms. The Morgan fingerprint density at radius 2 is 1.54 bits per heavy atom. The summed E-state index contributed by atoms with van der Waals surface area (Å²) in [5, 5.41) is 0. The molecule has 2 rings (SSSR count). The largest absolute Gasteiger partial charge is 0.375 e. The summed E-state index contributed by atoms with van der Waals surface area (Å²) in [6.07, 6.45) is 9.80.